The van der Waals surface area contributed by atoms with Crippen molar-refractivity contribution in [3.63, 3.8) is 0 Å². The number of aryl methyl sites for hydroxylation is 1. The molecule has 0 saturated heterocycles. The van der Waals surface area contributed by atoms with Crippen LogP contribution < -0.4 is 5.32 Å². The van der Waals surface area contributed by atoms with Crippen LogP contribution in [0.3, 0.4) is 0 Å². The van der Waals surface area contributed by atoms with Crippen molar-refractivity contribution in [3.8, 4) is 0 Å². The average molecular weight is 331 g/mol. The third kappa shape index (κ3) is 3.47. The Bertz CT molecular complexity index is 695. The summed E-state index contributed by atoms with van der Waals surface area (Å²) in [7, 11) is 0. The summed E-state index contributed by atoms with van der Waals surface area (Å²) in [6.07, 6.45) is 3.30. The molecule has 1 fully saturated rings. The zero-order valence-corrected chi connectivity index (χ0v) is 13.5. The van der Waals surface area contributed by atoms with E-state index in [9.17, 15) is 15.0 Å². The second kappa shape index (κ2) is 7.11. The first-order valence-corrected chi connectivity index (χ1v) is 8.03. The molecule has 0 aromatic carbocycles. The van der Waals surface area contributed by atoms with Gasteiger partial charge in [-0.05, 0) is 37.8 Å². The van der Waals surface area contributed by atoms with E-state index >= 15 is 0 Å². The minimum absolute atomic E-state index is 0.112. The number of nitrogens with zero attached hydrogens (tertiary/aromatic N) is 2. The number of aliphatic hydroxyl groups excluding tert-OH is 2. The fourth-order valence-corrected chi connectivity index (χ4v) is 3.03. The van der Waals surface area contributed by atoms with Crippen LogP contribution in [0.1, 0.15) is 40.3 Å². The van der Waals surface area contributed by atoms with E-state index in [1.165, 1.54) is 0 Å². The van der Waals surface area contributed by atoms with Gasteiger partial charge in [-0.2, -0.15) is 0 Å². The fraction of sp³-hybridized carbons (Fsp3) is 0.471. The first-order valence-electron chi connectivity index (χ1n) is 8.03. The standard InChI is InChI=1S/C17H21N3O4/c1-10-14(9-21)16(20-24-10)17(23)19-15(11-6-13(22)7-11)8-12-4-2-3-5-18-12/h2-5,11,13,15,21-22H,6-9H2,1H3,(H,19,23)/t11?,13?,15-/m0/s1. The second-order valence-corrected chi connectivity index (χ2v) is 6.21. The predicted molar refractivity (Wildman–Crippen MR) is 85.1 cm³/mol. The molecule has 2 heterocycles. The second-order valence-electron chi connectivity index (χ2n) is 6.21. The van der Waals surface area contributed by atoms with Crippen LogP contribution in [0, 0.1) is 12.8 Å². The highest BCUT2D eigenvalue weighted by molar-refractivity contribution is 5.94. The molecule has 1 atom stereocenters. The minimum Gasteiger partial charge on any atom is -0.393 e. The number of aliphatic hydroxyl groups is 2. The van der Waals surface area contributed by atoms with E-state index in [0.29, 0.717) is 30.6 Å². The molecule has 0 spiro atoms. The van der Waals surface area contributed by atoms with Gasteiger partial charge in [0.2, 0.25) is 0 Å². The van der Waals surface area contributed by atoms with Gasteiger partial charge in [-0.1, -0.05) is 11.2 Å². The summed E-state index contributed by atoms with van der Waals surface area (Å²) in [5.41, 5.74) is 1.39. The van der Waals surface area contributed by atoms with Gasteiger partial charge in [0.15, 0.2) is 5.69 Å². The van der Waals surface area contributed by atoms with E-state index in [1.807, 2.05) is 18.2 Å². The molecule has 7 nitrogen and oxygen atoms in total. The smallest absolute Gasteiger partial charge is 0.274 e. The molecule has 2 aromatic heterocycles. The van der Waals surface area contributed by atoms with Crippen LogP contribution in [-0.4, -0.2) is 38.4 Å². The lowest BCUT2D eigenvalue weighted by molar-refractivity contribution is 0.0236. The van der Waals surface area contributed by atoms with Gasteiger partial charge in [0.25, 0.3) is 5.91 Å². The highest BCUT2D eigenvalue weighted by Gasteiger charge is 2.35. The van der Waals surface area contributed by atoms with Crippen molar-refractivity contribution in [2.45, 2.75) is 44.9 Å². The largest absolute Gasteiger partial charge is 0.393 e. The third-order valence-electron chi connectivity index (χ3n) is 4.55. The molecule has 1 amide bonds. The average Bonchev–Trinajstić information content (AvgIpc) is 2.93. The molecular formula is C17H21N3O4. The Kier molecular flexibility index (Phi) is 4.92. The number of rotatable bonds is 6. The molecule has 1 saturated carbocycles. The van der Waals surface area contributed by atoms with Crippen molar-refractivity contribution in [2.75, 3.05) is 0 Å². The van der Waals surface area contributed by atoms with Gasteiger partial charge in [0, 0.05) is 24.4 Å². The first kappa shape index (κ1) is 16.6. The highest BCUT2D eigenvalue weighted by atomic mass is 16.5. The molecule has 24 heavy (non-hydrogen) atoms. The number of carbonyl (C=O) groups excluding carboxylic acids is 1. The maximum absolute atomic E-state index is 12.5. The Balaban J connectivity index is 1.74. The summed E-state index contributed by atoms with van der Waals surface area (Å²) < 4.78 is 5.00. The van der Waals surface area contributed by atoms with Gasteiger partial charge >= 0.3 is 0 Å². The molecule has 7 heteroatoms. The molecule has 2 aromatic rings. The molecule has 0 radical (unpaired) electrons. The zero-order chi connectivity index (χ0) is 17.1. The Labute approximate surface area is 139 Å². The summed E-state index contributed by atoms with van der Waals surface area (Å²) in [6, 6.07) is 5.50. The van der Waals surface area contributed by atoms with Crippen LogP contribution in [0.25, 0.3) is 0 Å². The Hall–Kier alpha value is -2.25. The number of aromatic nitrogens is 2. The van der Waals surface area contributed by atoms with Crippen molar-refractivity contribution < 1.29 is 19.5 Å². The number of pyridine rings is 1. The molecule has 3 rings (SSSR count). The lowest BCUT2D eigenvalue weighted by Gasteiger charge is -2.38. The SMILES string of the molecule is Cc1onc(C(=O)N[C@@H](Cc2ccccn2)C2CC(O)C2)c1CO. The predicted octanol–water partition coefficient (Wildman–Crippen LogP) is 0.982. The van der Waals surface area contributed by atoms with Crippen LogP contribution in [0.5, 0.6) is 0 Å². The minimum atomic E-state index is -0.377. The Morgan fingerprint density at radius 1 is 1.46 bits per heavy atom. The summed E-state index contributed by atoms with van der Waals surface area (Å²) in [4.78, 5) is 16.8. The topological polar surface area (TPSA) is 108 Å². The number of nitrogens with one attached hydrogen (secondary N) is 1. The quantitative estimate of drug-likeness (QED) is 0.728. The van der Waals surface area contributed by atoms with Crippen molar-refractivity contribution in [2.24, 2.45) is 5.92 Å². The third-order valence-corrected chi connectivity index (χ3v) is 4.55. The van der Waals surface area contributed by atoms with Crippen molar-refractivity contribution >= 4 is 5.91 Å². The van der Waals surface area contributed by atoms with E-state index in [0.717, 1.165) is 5.69 Å². The fourth-order valence-electron chi connectivity index (χ4n) is 3.03. The van der Waals surface area contributed by atoms with E-state index in [2.05, 4.69) is 15.5 Å². The first-order chi connectivity index (χ1) is 11.6. The molecule has 0 unspecified atom stereocenters. The molecule has 3 N–H and O–H groups in total. The summed E-state index contributed by atoms with van der Waals surface area (Å²) in [5.74, 6) is 0.248. The summed E-state index contributed by atoms with van der Waals surface area (Å²) in [5, 5.41) is 25.7. The molecule has 1 aliphatic rings. The van der Waals surface area contributed by atoms with E-state index < -0.39 is 0 Å². The van der Waals surface area contributed by atoms with Gasteiger partial charge in [-0.3, -0.25) is 9.78 Å². The Morgan fingerprint density at radius 2 is 2.25 bits per heavy atom. The number of hydrogen-bond acceptors (Lipinski definition) is 6. The van der Waals surface area contributed by atoms with Crippen LogP contribution in [0.4, 0.5) is 0 Å². The number of carbonyl (C=O) groups is 1. The monoisotopic (exact) mass is 331 g/mol. The molecular weight excluding hydrogens is 310 g/mol. The van der Waals surface area contributed by atoms with Crippen LogP contribution in [-0.2, 0) is 13.0 Å². The van der Waals surface area contributed by atoms with Gasteiger partial charge in [0.1, 0.15) is 5.76 Å². The van der Waals surface area contributed by atoms with E-state index in [-0.39, 0.29) is 36.3 Å². The summed E-state index contributed by atoms with van der Waals surface area (Å²) in [6.45, 7) is 1.36. The van der Waals surface area contributed by atoms with Gasteiger partial charge < -0.3 is 20.1 Å². The van der Waals surface area contributed by atoms with E-state index in [4.69, 9.17) is 4.52 Å². The van der Waals surface area contributed by atoms with Crippen LogP contribution in [0.2, 0.25) is 0 Å². The molecule has 1 aliphatic carbocycles. The Morgan fingerprint density at radius 3 is 2.88 bits per heavy atom. The number of amides is 1. The maximum Gasteiger partial charge on any atom is 0.274 e. The van der Waals surface area contributed by atoms with Crippen LogP contribution >= 0.6 is 0 Å². The normalized spacial score (nSPS) is 21.1. The van der Waals surface area contributed by atoms with Crippen molar-refractivity contribution in [3.05, 3.63) is 47.1 Å². The van der Waals surface area contributed by atoms with Crippen molar-refractivity contribution in [1.82, 2.24) is 15.5 Å². The molecule has 0 aliphatic heterocycles. The van der Waals surface area contributed by atoms with Gasteiger partial charge in [-0.15, -0.1) is 0 Å². The highest BCUT2D eigenvalue weighted by Crippen LogP contribution is 2.31. The van der Waals surface area contributed by atoms with Gasteiger partial charge in [0.05, 0.1) is 18.3 Å². The van der Waals surface area contributed by atoms with E-state index in [1.54, 1.807) is 13.1 Å². The molecule has 0 bridgehead atoms. The maximum atomic E-state index is 12.5. The molecule has 128 valence electrons. The lowest BCUT2D eigenvalue weighted by atomic mass is 9.76. The zero-order valence-electron chi connectivity index (χ0n) is 13.5. The summed E-state index contributed by atoms with van der Waals surface area (Å²) >= 11 is 0. The number of hydrogen-bond donors (Lipinski definition) is 3. The van der Waals surface area contributed by atoms with Gasteiger partial charge in [-0.25, -0.2) is 0 Å². The van der Waals surface area contributed by atoms with Crippen molar-refractivity contribution in [1.29, 1.82) is 0 Å². The lowest BCUT2D eigenvalue weighted by Crippen LogP contribution is -2.48. The van der Waals surface area contributed by atoms with Crippen LogP contribution in [0.15, 0.2) is 28.9 Å².